The van der Waals surface area contributed by atoms with Crippen LogP contribution in [0.1, 0.15) is 6.42 Å². The lowest BCUT2D eigenvalue weighted by atomic mass is 10.2. The van der Waals surface area contributed by atoms with Crippen LogP contribution < -0.4 is 4.90 Å². The van der Waals surface area contributed by atoms with Crippen molar-refractivity contribution in [2.75, 3.05) is 23.3 Å². The second kappa shape index (κ2) is 5.55. The molecule has 1 heterocycles. The van der Waals surface area contributed by atoms with Gasteiger partial charge in [-0.15, -0.1) is 0 Å². The van der Waals surface area contributed by atoms with Gasteiger partial charge in [-0.25, -0.2) is 8.42 Å². The highest BCUT2D eigenvalue weighted by atomic mass is 79.9. The first-order valence-electron chi connectivity index (χ1n) is 5.98. The maximum atomic E-state index is 12.4. The molecule has 0 bridgehead atoms. The smallest absolute Gasteiger partial charge is 0.371 e. The molecule has 112 valence electrons. The van der Waals surface area contributed by atoms with Crippen molar-refractivity contribution in [1.82, 2.24) is 0 Å². The summed E-state index contributed by atoms with van der Waals surface area (Å²) in [5.74, 6) is 0.508. The number of anilines is 1. The van der Waals surface area contributed by atoms with Gasteiger partial charge in [-0.05, 0) is 36.6 Å². The molecule has 20 heavy (non-hydrogen) atoms. The normalized spacial score (nSPS) is 20.4. The highest BCUT2D eigenvalue weighted by Crippen LogP contribution is 2.32. The summed E-state index contributed by atoms with van der Waals surface area (Å²) in [4.78, 5) is 1.32. The zero-order valence-corrected chi connectivity index (χ0v) is 12.8. The molecule has 0 spiro atoms. The van der Waals surface area contributed by atoms with Crippen molar-refractivity contribution in [1.29, 1.82) is 0 Å². The lowest BCUT2D eigenvalue weighted by molar-refractivity contribution is -0.0436. The minimum atomic E-state index is -5.26. The van der Waals surface area contributed by atoms with Gasteiger partial charge in [0.05, 0.1) is 4.90 Å². The lowest BCUT2D eigenvalue weighted by Crippen LogP contribution is -2.23. The van der Waals surface area contributed by atoms with E-state index in [0.29, 0.717) is 5.92 Å². The zero-order chi connectivity index (χ0) is 15.0. The molecule has 1 unspecified atom stereocenters. The fourth-order valence-electron chi connectivity index (χ4n) is 2.16. The molecule has 0 aromatic heterocycles. The van der Waals surface area contributed by atoms with E-state index in [9.17, 15) is 21.6 Å². The van der Waals surface area contributed by atoms with Crippen LogP contribution in [-0.4, -0.2) is 32.3 Å². The molecule has 1 aliphatic rings. The molecule has 0 aliphatic carbocycles. The van der Waals surface area contributed by atoms with Crippen LogP contribution >= 0.6 is 15.9 Å². The van der Waals surface area contributed by atoms with Gasteiger partial charge in [-0.2, -0.15) is 13.2 Å². The van der Waals surface area contributed by atoms with Gasteiger partial charge in [0.1, 0.15) is 0 Å². The fraction of sp³-hybridized carbons (Fsp3) is 0.500. The highest BCUT2D eigenvalue weighted by Gasteiger charge is 2.46. The van der Waals surface area contributed by atoms with Gasteiger partial charge in [-0.1, -0.05) is 15.9 Å². The van der Waals surface area contributed by atoms with Crippen molar-refractivity contribution in [3.8, 4) is 0 Å². The van der Waals surface area contributed by atoms with E-state index >= 15 is 0 Å². The predicted octanol–water partition coefficient (Wildman–Crippen LogP) is 3.20. The number of sulfone groups is 1. The van der Waals surface area contributed by atoms with Gasteiger partial charge >= 0.3 is 5.51 Å². The van der Waals surface area contributed by atoms with Crippen molar-refractivity contribution in [2.45, 2.75) is 16.8 Å². The molecule has 0 saturated carbocycles. The van der Waals surface area contributed by atoms with Crippen LogP contribution in [0, 0.1) is 5.92 Å². The third-order valence-corrected chi connectivity index (χ3v) is 5.74. The summed E-state index contributed by atoms with van der Waals surface area (Å²) in [5.41, 5.74) is -4.52. The zero-order valence-electron chi connectivity index (χ0n) is 10.4. The van der Waals surface area contributed by atoms with Crippen LogP contribution in [0.3, 0.4) is 0 Å². The van der Waals surface area contributed by atoms with E-state index in [0.717, 1.165) is 42.7 Å². The first-order chi connectivity index (χ1) is 9.25. The van der Waals surface area contributed by atoms with Crippen molar-refractivity contribution >= 4 is 31.5 Å². The first-order valence-corrected chi connectivity index (χ1v) is 8.58. The molecule has 1 aromatic carbocycles. The summed E-state index contributed by atoms with van der Waals surface area (Å²) in [5, 5.41) is 0.879. The summed E-state index contributed by atoms with van der Waals surface area (Å²) < 4.78 is 59.7. The first kappa shape index (κ1) is 15.6. The van der Waals surface area contributed by atoms with E-state index in [-0.39, 0.29) is 0 Å². The highest BCUT2D eigenvalue weighted by molar-refractivity contribution is 9.09. The third kappa shape index (κ3) is 2.95. The van der Waals surface area contributed by atoms with Gasteiger partial charge < -0.3 is 4.90 Å². The monoisotopic (exact) mass is 371 g/mol. The molecular formula is C12H13BrF3NO2S. The largest absolute Gasteiger partial charge is 0.501 e. The Morgan fingerprint density at radius 2 is 1.85 bits per heavy atom. The lowest BCUT2D eigenvalue weighted by Gasteiger charge is -2.19. The Kier molecular flexibility index (Phi) is 4.34. The minimum Gasteiger partial charge on any atom is -0.371 e. The molecule has 1 atom stereocenters. The van der Waals surface area contributed by atoms with Crippen LogP contribution in [0.2, 0.25) is 0 Å². The number of hydrogen-bond donors (Lipinski definition) is 0. The Morgan fingerprint density at radius 3 is 2.30 bits per heavy atom. The van der Waals surface area contributed by atoms with Crippen molar-refractivity contribution in [3.05, 3.63) is 24.3 Å². The molecule has 0 amide bonds. The van der Waals surface area contributed by atoms with Gasteiger partial charge in [0.15, 0.2) is 0 Å². The fourth-order valence-corrected chi connectivity index (χ4v) is 3.45. The van der Waals surface area contributed by atoms with Gasteiger partial charge in [0.25, 0.3) is 9.84 Å². The van der Waals surface area contributed by atoms with Gasteiger partial charge in [0, 0.05) is 24.1 Å². The van der Waals surface area contributed by atoms with Crippen LogP contribution in [0.25, 0.3) is 0 Å². The average Bonchev–Trinajstić information content (AvgIpc) is 2.86. The molecule has 0 N–H and O–H groups in total. The summed E-state index contributed by atoms with van der Waals surface area (Å²) in [7, 11) is -5.26. The summed E-state index contributed by atoms with van der Waals surface area (Å²) >= 11 is 3.40. The third-order valence-electron chi connectivity index (χ3n) is 3.32. The van der Waals surface area contributed by atoms with E-state index in [2.05, 4.69) is 15.9 Å². The van der Waals surface area contributed by atoms with E-state index in [1.807, 2.05) is 4.90 Å². The maximum absolute atomic E-state index is 12.4. The number of benzene rings is 1. The van der Waals surface area contributed by atoms with E-state index in [1.165, 1.54) is 12.1 Å². The Balaban J connectivity index is 2.20. The Labute approximate surface area is 123 Å². The van der Waals surface area contributed by atoms with Crippen molar-refractivity contribution in [3.63, 3.8) is 0 Å². The number of rotatable bonds is 3. The Hall–Kier alpha value is -0.760. The average molecular weight is 372 g/mol. The molecule has 1 fully saturated rings. The predicted molar refractivity (Wildman–Crippen MR) is 73.8 cm³/mol. The van der Waals surface area contributed by atoms with Crippen molar-refractivity contribution in [2.24, 2.45) is 5.92 Å². The maximum Gasteiger partial charge on any atom is 0.501 e. The van der Waals surface area contributed by atoms with Crippen molar-refractivity contribution < 1.29 is 21.6 Å². The SMILES string of the molecule is O=S(=O)(c1ccc(N2CCC(CBr)C2)cc1)C(F)(F)F. The van der Waals surface area contributed by atoms with E-state index in [4.69, 9.17) is 0 Å². The number of halogens is 4. The second-order valence-corrected chi connectivity index (χ2v) is 7.29. The molecular weight excluding hydrogens is 359 g/mol. The Bertz CT molecular complexity index is 571. The minimum absolute atomic E-state index is 0.508. The molecule has 3 nitrogen and oxygen atoms in total. The molecule has 0 radical (unpaired) electrons. The molecule has 1 aliphatic heterocycles. The van der Waals surface area contributed by atoms with Crippen LogP contribution in [0.15, 0.2) is 29.2 Å². The molecule has 2 rings (SSSR count). The standard InChI is InChI=1S/C12H13BrF3NO2S/c13-7-9-5-6-17(8-9)10-1-3-11(4-2-10)20(18,19)12(14,15)16/h1-4,9H,5-8H2. The van der Waals surface area contributed by atoms with Crippen LogP contribution in [0.4, 0.5) is 18.9 Å². The topological polar surface area (TPSA) is 37.4 Å². The summed E-state index contributed by atoms with van der Waals surface area (Å²) in [6.45, 7) is 1.64. The van der Waals surface area contributed by atoms with Gasteiger partial charge in [-0.3, -0.25) is 0 Å². The number of nitrogens with zero attached hydrogens (tertiary/aromatic N) is 1. The molecule has 8 heteroatoms. The van der Waals surface area contributed by atoms with Crippen LogP contribution in [0.5, 0.6) is 0 Å². The van der Waals surface area contributed by atoms with E-state index in [1.54, 1.807) is 0 Å². The quantitative estimate of drug-likeness (QED) is 0.765. The summed E-state index contributed by atoms with van der Waals surface area (Å²) in [6.07, 6.45) is 1.01. The molecule has 1 saturated heterocycles. The van der Waals surface area contributed by atoms with Gasteiger partial charge in [0.2, 0.25) is 0 Å². The van der Waals surface area contributed by atoms with E-state index < -0.39 is 20.2 Å². The number of alkyl halides is 4. The Morgan fingerprint density at radius 1 is 1.25 bits per heavy atom. The van der Waals surface area contributed by atoms with Crippen LogP contribution in [-0.2, 0) is 9.84 Å². The molecule has 1 aromatic rings. The summed E-state index contributed by atoms with van der Waals surface area (Å²) in [6, 6.07) is 4.88. The second-order valence-electron chi connectivity index (χ2n) is 4.70. The number of hydrogen-bond acceptors (Lipinski definition) is 3.